The highest BCUT2D eigenvalue weighted by molar-refractivity contribution is 9.10. The molecule has 2 fully saturated rings. The van der Waals surface area contributed by atoms with Crippen LogP contribution >= 0.6 is 15.9 Å². The number of hydrogen-bond acceptors (Lipinski definition) is 3. The van der Waals surface area contributed by atoms with E-state index in [1.807, 2.05) is 7.05 Å². The summed E-state index contributed by atoms with van der Waals surface area (Å²) in [7, 11) is 1.83. The van der Waals surface area contributed by atoms with Gasteiger partial charge < -0.3 is 20.3 Å². The predicted molar refractivity (Wildman–Crippen MR) is 107 cm³/mol. The SMILES string of the molecule is CN=C(NCCCOCC1CC1)NC1CCN(c2ccccc2Br)C1. The zero-order valence-corrected chi connectivity index (χ0v) is 16.6. The smallest absolute Gasteiger partial charge is 0.191 e. The summed E-state index contributed by atoms with van der Waals surface area (Å²) in [6.07, 6.45) is 4.84. The number of hydrogen-bond donors (Lipinski definition) is 2. The van der Waals surface area contributed by atoms with Crippen LogP contribution in [0.3, 0.4) is 0 Å². The van der Waals surface area contributed by atoms with E-state index in [2.05, 4.69) is 60.7 Å². The van der Waals surface area contributed by atoms with Gasteiger partial charge in [-0.15, -0.1) is 0 Å². The summed E-state index contributed by atoms with van der Waals surface area (Å²) in [4.78, 5) is 6.77. The summed E-state index contributed by atoms with van der Waals surface area (Å²) in [6, 6.07) is 8.83. The lowest BCUT2D eigenvalue weighted by Gasteiger charge is -2.21. The molecule has 2 aliphatic rings. The van der Waals surface area contributed by atoms with E-state index in [4.69, 9.17) is 4.74 Å². The Hall–Kier alpha value is -1.27. The normalized spacial score (nSPS) is 20.8. The molecule has 1 heterocycles. The first kappa shape index (κ1) is 18.5. The molecule has 2 N–H and O–H groups in total. The zero-order chi connectivity index (χ0) is 17.5. The van der Waals surface area contributed by atoms with Crippen LogP contribution in [0.15, 0.2) is 33.7 Å². The number of anilines is 1. The number of benzene rings is 1. The second kappa shape index (κ2) is 9.43. The maximum Gasteiger partial charge on any atom is 0.191 e. The van der Waals surface area contributed by atoms with Crippen molar-refractivity contribution in [2.45, 2.75) is 31.7 Å². The summed E-state index contributed by atoms with van der Waals surface area (Å²) < 4.78 is 6.83. The van der Waals surface area contributed by atoms with Crippen molar-refractivity contribution in [3.8, 4) is 0 Å². The molecule has 1 aromatic rings. The Morgan fingerprint density at radius 3 is 2.92 bits per heavy atom. The van der Waals surface area contributed by atoms with Gasteiger partial charge in [0.05, 0.1) is 5.69 Å². The van der Waals surface area contributed by atoms with E-state index in [1.54, 1.807) is 0 Å². The monoisotopic (exact) mass is 408 g/mol. The van der Waals surface area contributed by atoms with Gasteiger partial charge in [-0.05, 0) is 59.7 Å². The van der Waals surface area contributed by atoms with Gasteiger partial charge in [-0.25, -0.2) is 0 Å². The van der Waals surface area contributed by atoms with Crippen LogP contribution in [-0.2, 0) is 4.74 Å². The minimum atomic E-state index is 0.421. The number of nitrogens with one attached hydrogen (secondary N) is 2. The molecule has 25 heavy (non-hydrogen) atoms. The molecule has 0 bridgehead atoms. The fourth-order valence-corrected chi connectivity index (χ4v) is 3.64. The molecule has 1 unspecified atom stereocenters. The molecule has 1 saturated carbocycles. The number of ether oxygens (including phenoxy) is 1. The van der Waals surface area contributed by atoms with Crippen LogP contribution in [0.5, 0.6) is 0 Å². The number of halogens is 1. The fourth-order valence-electron chi connectivity index (χ4n) is 3.11. The third kappa shape index (κ3) is 5.89. The fraction of sp³-hybridized carbons (Fsp3) is 0.632. The molecular weight excluding hydrogens is 380 g/mol. The first-order chi connectivity index (χ1) is 12.3. The van der Waals surface area contributed by atoms with E-state index >= 15 is 0 Å². The van der Waals surface area contributed by atoms with Crippen LogP contribution < -0.4 is 15.5 Å². The highest BCUT2D eigenvalue weighted by atomic mass is 79.9. The van der Waals surface area contributed by atoms with Gasteiger partial charge in [-0.1, -0.05) is 12.1 Å². The quantitative estimate of drug-likeness (QED) is 0.394. The van der Waals surface area contributed by atoms with Gasteiger partial charge in [0.1, 0.15) is 0 Å². The molecule has 138 valence electrons. The second-order valence-electron chi connectivity index (χ2n) is 6.90. The van der Waals surface area contributed by atoms with Crippen molar-refractivity contribution in [3.05, 3.63) is 28.7 Å². The van der Waals surface area contributed by atoms with E-state index in [0.717, 1.165) is 62.0 Å². The largest absolute Gasteiger partial charge is 0.381 e. The van der Waals surface area contributed by atoms with Crippen molar-refractivity contribution in [2.75, 3.05) is 44.8 Å². The van der Waals surface area contributed by atoms with Gasteiger partial charge in [-0.3, -0.25) is 4.99 Å². The topological polar surface area (TPSA) is 48.9 Å². The Kier molecular flexibility index (Phi) is 6.99. The number of para-hydroxylation sites is 1. The van der Waals surface area contributed by atoms with Gasteiger partial charge >= 0.3 is 0 Å². The van der Waals surface area contributed by atoms with Crippen molar-refractivity contribution in [2.24, 2.45) is 10.9 Å². The third-order valence-electron chi connectivity index (χ3n) is 4.75. The zero-order valence-electron chi connectivity index (χ0n) is 15.0. The maximum atomic E-state index is 5.67. The lowest BCUT2D eigenvalue weighted by Crippen LogP contribution is -2.45. The van der Waals surface area contributed by atoms with E-state index in [1.165, 1.54) is 18.5 Å². The molecule has 5 nitrogen and oxygen atoms in total. The molecule has 1 aliphatic carbocycles. The Morgan fingerprint density at radius 1 is 1.32 bits per heavy atom. The first-order valence-electron chi connectivity index (χ1n) is 9.30. The lowest BCUT2D eigenvalue weighted by molar-refractivity contribution is 0.123. The van der Waals surface area contributed by atoms with Crippen molar-refractivity contribution in [1.29, 1.82) is 0 Å². The molecule has 1 saturated heterocycles. The van der Waals surface area contributed by atoms with E-state index in [0.29, 0.717) is 6.04 Å². The Balaban J connectivity index is 1.35. The molecule has 0 amide bonds. The molecule has 0 radical (unpaired) electrons. The van der Waals surface area contributed by atoms with Crippen molar-refractivity contribution < 1.29 is 4.74 Å². The van der Waals surface area contributed by atoms with Crippen LogP contribution in [0.25, 0.3) is 0 Å². The van der Waals surface area contributed by atoms with Crippen LogP contribution in [0.2, 0.25) is 0 Å². The Bertz CT molecular complexity index is 576. The van der Waals surface area contributed by atoms with Gasteiger partial charge in [0.25, 0.3) is 0 Å². The van der Waals surface area contributed by atoms with Gasteiger partial charge in [0.15, 0.2) is 5.96 Å². The summed E-state index contributed by atoms with van der Waals surface area (Å²) in [6.45, 7) is 4.73. The van der Waals surface area contributed by atoms with Gasteiger partial charge in [0.2, 0.25) is 0 Å². The van der Waals surface area contributed by atoms with E-state index in [-0.39, 0.29) is 0 Å². The highest BCUT2D eigenvalue weighted by Gasteiger charge is 2.24. The minimum absolute atomic E-state index is 0.421. The van der Waals surface area contributed by atoms with Crippen molar-refractivity contribution in [3.63, 3.8) is 0 Å². The summed E-state index contributed by atoms with van der Waals surface area (Å²) in [5.74, 6) is 1.73. The van der Waals surface area contributed by atoms with Crippen LogP contribution in [0.4, 0.5) is 5.69 Å². The average molecular weight is 409 g/mol. The standard InChI is InChI=1S/C19H29BrN4O/c1-21-19(22-10-4-12-25-14-15-7-8-15)23-16-9-11-24(13-16)18-6-3-2-5-17(18)20/h2-3,5-6,15-16H,4,7-14H2,1H3,(H2,21,22,23). The van der Waals surface area contributed by atoms with Crippen LogP contribution in [0, 0.1) is 5.92 Å². The summed E-state index contributed by atoms with van der Waals surface area (Å²) in [5.41, 5.74) is 1.27. The van der Waals surface area contributed by atoms with Gasteiger partial charge in [0, 0.05) is 50.4 Å². The maximum absolute atomic E-state index is 5.67. The minimum Gasteiger partial charge on any atom is -0.381 e. The molecule has 1 atom stereocenters. The first-order valence-corrected chi connectivity index (χ1v) is 10.1. The van der Waals surface area contributed by atoms with Crippen LogP contribution in [-0.4, -0.2) is 51.9 Å². The molecule has 1 aliphatic heterocycles. The number of guanidine groups is 1. The average Bonchev–Trinajstić information content (AvgIpc) is 3.34. The lowest BCUT2D eigenvalue weighted by atomic mass is 10.2. The summed E-state index contributed by atoms with van der Waals surface area (Å²) in [5, 5.41) is 6.94. The van der Waals surface area contributed by atoms with Gasteiger partial charge in [-0.2, -0.15) is 0 Å². The van der Waals surface area contributed by atoms with E-state index in [9.17, 15) is 0 Å². The number of rotatable bonds is 8. The highest BCUT2D eigenvalue weighted by Crippen LogP contribution is 2.29. The molecule has 0 aromatic heterocycles. The number of nitrogens with zero attached hydrogens (tertiary/aromatic N) is 2. The predicted octanol–water partition coefficient (Wildman–Crippen LogP) is 3.01. The molecule has 6 heteroatoms. The molecule has 1 aromatic carbocycles. The summed E-state index contributed by atoms with van der Waals surface area (Å²) >= 11 is 3.65. The van der Waals surface area contributed by atoms with E-state index < -0.39 is 0 Å². The second-order valence-corrected chi connectivity index (χ2v) is 7.75. The third-order valence-corrected chi connectivity index (χ3v) is 5.42. The Labute approximate surface area is 159 Å². The van der Waals surface area contributed by atoms with Crippen LogP contribution in [0.1, 0.15) is 25.7 Å². The molecular formula is C19H29BrN4O. The number of aliphatic imine (C=N–C) groups is 1. The molecule has 3 rings (SSSR count). The van der Waals surface area contributed by atoms with Crippen molar-refractivity contribution in [1.82, 2.24) is 10.6 Å². The van der Waals surface area contributed by atoms with Crippen molar-refractivity contribution >= 4 is 27.6 Å². The Morgan fingerprint density at radius 2 is 2.16 bits per heavy atom. The molecule has 0 spiro atoms.